The van der Waals surface area contributed by atoms with Crippen molar-refractivity contribution in [2.45, 2.75) is 13.5 Å². The van der Waals surface area contributed by atoms with Crippen molar-refractivity contribution < 1.29 is 9.13 Å². The van der Waals surface area contributed by atoms with Crippen LogP contribution in [-0.2, 0) is 6.61 Å². The van der Waals surface area contributed by atoms with Crippen LogP contribution < -0.4 is 4.74 Å². The molecule has 0 heterocycles. The maximum Gasteiger partial charge on any atom is 0.138 e. The Morgan fingerprint density at radius 3 is 2.74 bits per heavy atom. The highest BCUT2D eigenvalue weighted by molar-refractivity contribution is 6.32. The summed E-state index contributed by atoms with van der Waals surface area (Å²) in [6.45, 7) is 1.95. The van der Waals surface area contributed by atoms with Crippen LogP contribution in [0.4, 0.5) is 4.39 Å². The van der Waals surface area contributed by atoms with E-state index in [9.17, 15) is 4.39 Å². The van der Waals surface area contributed by atoms with Crippen LogP contribution in [0.2, 0.25) is 5.02 Å². The zero-order valence-electron chi connectivity index (χ0n) is 10.3. The molecule has 0 amide bonds. The molecule has 0 fully saturated rings. The standard InChI is InChI=1S/C15H11ClFNO/c1-10-2-5-15(13(16)6-10)19-9-12-7-11(8-18)3-4-14(12)17/h2-7H,9H2,1H3. The average Bonchev–Trinajstić information content (AvgIpc) is 2.39. The van der Waals surface area contributed by atoms with Crippen LogP contribution in [0.5, 0.6) is 5.75 Å². The molecule has 0 unspecified atom stereocenters. The molecule has 0 aromatic heterocycles. The lowest BCUT2D eigenvalue weighted by Gasteiger charge is -2.09. The molecular weight excluding hydrogens is 265 g/mol. The first-order chi connectivity index (χ1) is 9.10. The Kier molecular flexibility index (Phi) is 4.03. The molecule has 96 valence electrons. The van der Waals surface area contributed by atoms with Gasteiger partial charge in [-0.25, -0.2) is 4.39 Å². The topological polar surface area (TPSA) is 33.0 Å². The van der Waals surface area contributed by atoms with Crippen LogP contribution in [0.15, 0.2) is 36.4 Å². The minimum Gasteiger partial charge on any atom is -0.487 e. The van der Waals surface area contributed by atoms with Gasteiger partial charge in [0, 0.05) is 5.56 Å². The molecule has 2 rings (SSSR count). The number of hydrogen-bond donors (Lipinski definition) is 0. The SMILES string of the molecule is Cc1ccc(OCc2cc(C#N)ccc2F)c(Cl)c1. The summed E-state index contributed by atoms with van der Waals surface area (Å²) in [5.74, 6) is 0.0938. The van der Waals surface area contributed by atoms with Crippen molar-refractivity contribution in [3.8, 4) is 11.8 Å². The fourth-order valence-corrected chi connectivity index (χ4v) is 1.92. The molecule has 0 bridgehead atoms. The maximum absolute atomic E-state index is 13.6. The first-order valence-electron chi connectivity index (χ1n) is 5.67. The first kappa shape index (κ1) is 13.4. The highest BCUT2D eigenvalue weighted by Gasteiger charge is 2.07. The highest BCUT2D eigenvalue weighted by Crippen LogP contribution is 2.26. The molecule has 0 radical (unpaired) electrons. The average molecular weight is 276 g/mol. The Morgan fingerprint density at radius 2 is 2.05 bits per heavy atom. The van der Waals surface area contributed by atoms with E-state index in [1.165, 1.54) is 18.2 Å². The van der Waals surface area contributed by atoms with Crippen molar-refractivity contribution in [2.24, 2.45) is 0 Å². The lowest BCUT2D eigenvalue weighted by molar-refractivity contribution is 0.300. The smallest absolute Gasteiger partial charge is 0.138 e. The first-order valence-corrected chi connectivity index (χ1v) is 6.05. The third-order valence-electron chi connectivity index (χ3n) is 2.65. The zero-order chi connectivity index (χ0) is 13.8. The van der Waals surface area contributed by atoms with Gasteiger partial charge in [0.05, 0.1) is 16.7 Å². The van der Waals surface area contributed by atoms with Crippen LogP contribution in [0, 0.1) is 24.1 Å². The van der Waals surface area contributed by atoms with Crippen LogP contribution in [0.1, 0.15) is 16.7 Å². The van der Waals surface area contributed by atoms with Gasteiger partial charge in [-0.1, -0.05) is 17.7 Å². The van der Waals surface area contributed by atoms with Gasteiger partial charge in [-0.15, -0.1) is 0 Å². The minimum absolute atomic E-state index is 0.0319. The summed E-state index contributed by atoms with van der Waals surface area (Å²) in [4.78, 5) is 0. The summed E-state index contributed by atoms with van der Waals surface area (Å²) in [6, 6.07) is 11.5. The van der Waals surface area contributed by atoms with Crippen LogP contribution >= 0.6 is 11.6 Å². The Balaban J connectivity index is 2.16. The van der Waals surface area contributed by atoms with Crippen molar-refractivity contribution in [1.82, 2.24) is 0 Å². The number of ether oxygens (including phenoxy) is 1. The van der Waals surface area contributed by atoms with Crippen molar-refractivity contribution in [3.05, 3.63) is 63.9 Å². The van der Waals surface area contributed by atoms with Gasteiger partial charge in [0.15, 0.2) is 0 Å². The maximum atomic E-state index is 13.6. The van der Waals surface area contributed by atoms with E-state index in [0.29, 0.717) is 21.9 Å². The predicted molar refractivity (Wildman–Crippen MR) is 71.6 cm³/mol. The largest absolute Gasteiger partial charge is 0.487 e. The molecule has 0 aliphatic carbocycles. The second kappa shape index (κ2) is 5.73. The Morgan fingerprint density at radius 1 is 1.26 bits per heavy atom. The monoisotopic (exact) mass is 275 g/mol. The van der Waals surface area contributed by atoms with Crippen molar-refractivity contribution >= 4 is 11.6 Å². The molecule has 0 saturated heterocycles. The lowest BCUT2D eigenvalue weighted by Crippen LogP contribution is -1.99. The third-order valence-corrected chi connectivity index (χ3v) is 2.94. The van der Waals surface area contributed by atoms with Gasteiger partial charge in [0.1, 0.15) is 18.2 Å². The normalized spacial score (nSPS) is 10.0. The summed E-state index contributed by atoms with van der Waals surface area (Å²) in [5.41, 5.74) is 1.75. The van der Waals surface area contributed by atoms with E-state index in [4.69, 9.17) is 21.6 Å². The number of hydrogen-bond acceptors (Lipinski definition) is 2. The zero-order valence-corrected chi connectivity index (χ0v) is 11.0. The molecule has 0 N–H and O–H groups in total. The van der Waals surface area contributed by atoms with Crippen LogP contribution in [0.3, 0.4) is 0 Å². The van der Waals surface area contributed by atoms with Gasteiger partial charge in [0.2, 0.25) is 0 Å². The van der Waals surface area contributed by atoms with Gasteiger partial charge >= 0.3 is 0 Å². The molecule has 4 heteroatoms. The molecule has 2 nitrogen and oxygen atoms in total. The van der Waals surface area contributed by atoms with Gasteiger partial charge in [-0.2, -0.15) is 5.26 Å². The number of nitriles is 1. The van der Waals surface area contributed by atoms with E-state index in [2.05, 4.69) is 0 Å². The van der Waals surface area contributed by atoms with E-state index in [0.717, 1.165) is 5.56 Å². The quantitative estimate of drug-likeness (QED) is 0.839. The molecule has 0 aliphatic heterocycles. The van der Waals surface area contributed by atoms with Gasteiger partial charge in [-0.3, -0.25) is 0 Å². The molecule has 0 aliphatic rings. The van der Waals surface area contributed by atoms with E-state index in [1.807, 2.05) is 19.1 Å². The molecule has 0 spiro atoms. The lowest BCUT2D eigenvalue weighted by atomic mass is 10.1. The van der Waals surface area contributed by atoms with Crippen molar-refractivity contribution in [2.75, 3.05) is 0 Å². The number of rotatable bonds is 3. The van der Waals surface area contributed by atoms with Crippen molar-refractivity contribution in [3.63, 3.8) is 0 Å². The molecule has 2 aromatic carbocycles. The summed E-state index contributed by atoms with van der Waals surface area (Å²) in [5, 5.41) is 9.26. The van der Waals surface area contributed by atoms with E-state index < -0.39 is 5.82 Å². The fourth-order valence-electron chi connectivity index (χ4n) is 1.63. The summed E-state index contributed by atoms with van der Waals surface area (Å²) >= 11 is 6.02. The van der Waals surface area contributed by atoms with Crippen LogP contribution in [-0.4, -0.2) is 0 Å². The molecule has 0 saturated carbocycles. The molecule has 19 heavy (non-hydrogen) atoms. The fraction of sp³-hybridized carbons (Fsp3) is 0.133. The summed E-state index contributed by atoms with van der Waals surface area (Å²) < 4.78 is 19.0. The van der Waals surface area contributed by atoms with Gasteiger partial charge < -0.3 is 4.74 Å². The summed E-state index contributed by atoms with van der Waals surface area (Å²) in [6.07, 6.45) is 0. The molecule has 2 aromatic rings. The van der Waals surface area contributed by atoms with Gasteiger partial charge in [0.25, 0.3) is 0 Å². The van der Waals surface area contributed by atoms with E-state index >= 15 is 0 Å². The third kappa shape index (κ3) is 3.24. The van der Waals surface area contributed by atoms with Gasteiger partial charge in [-0.05, 0) is 42.8 Å². The summed E-state index contributed by atoms with van der Waals surface area (Å²) in [7, 11) is 0. The Hall–Kier alpha value is -2.05. The second-order valence-electron chi connectivity index (χ2n) is 4.14. The van der Waals surface area contributed by atoms with Crippen molar-refractivity contribution in [1.29, 1.82) is 5.26 Å². The number of nitrogens with zero attached hydrogens (tertiary/aromatic N) is 1. The number of benzene rings is 2. The van der Waals surface area contributed by atoms with E-state index in [1.54, 1.807) is 12.1 Å². The van der Waals surface area contributed by atoms with E-state index in [-0.39, 0.29) is 6.61 Å². The number of aryl methyl sites for hydroxylation is 1. The molecule has 0 atom stereocenters. The Labute approximate surface area is 116 Å². The minimum atomic E-state index is -0.401. The second-order valence-corrected chi connectivity index (χ2v) is 4.55. The molecular formula is C15H11ClFNO. The van der Waals surface area contributed by atoms with Crippen LogP contribution in [0.25, 0.3) is 0 Å². The Bertz CT molecular complexity index is 649. The predicted octanol–water partition coefficient (Wildman–Crippen LogP) is 4.24. The highest BCUT2D eigenvalue weighted by atomic mass is 35.5. The number of halogens is 2.